The third kappa shape index (κ3) is 4.74. The summed E-state index contributed by atoms with van der Waals surface area (Å²) in [6.07, 6.45) is 0. The summed E-state index contributed by atoms with van der Waals surface area (Å²) >= 11 is 0. The Morgan fingerprint density at radius 3 is 1.61 bits per heavy atom. The van der Waals surface area contributed by atoms with Gasteiger partial charge in [-0.15, -0.1) is 0 Å². The Morgan fingerprint density at radius 1 is 0.373 bits per heavy atom. The SMILES string of the molecule is N#Cc1cc(-c2ccc(-c3c4ccccc4c(-c4ccccc4)c4ccccc34)cc2C#N)cc(-n2c3ccccc3c3cc(C#N)ccc32)c1. The Kier molecular flexibility index (Phi) is 6.93. The van der Waals surface area contributed by atoms with Gasteiger partial charge in [0, 0.05) is 16.5 Å². The van der Waals surface area contributed by atoms with Crippen molar-refractivity contribution in [3.05, 3.63) is 174 Å². The van der Waals surface area contributed by atoms with E-state index in [4.69, 9.17) is 0 Å². The molecule has 51 heavy (non-hydrogen) atoms. The van der Waals surface area contributed by atoms with E-state index >= 15 is 0 Å². The number of benzene rings is 8. The molecule has 0 unspecified atom stereocenters. The van der Waals surface area contributed by atoms with Crippen LogP contribution in [0.15, 0.2) is 158 Å². The second-order valence-corrected chi connectivity index (χ2v) is 12.7. The molecule has 0 aliphatic carbocycles. The summed E-state index contributed by atoms with van der Waals surface area (Å²) in [6.45, 7) is 0. The van der Waals surface area contributed by atoms with E-state index in [9.17, 15) is 15.8 Å². The first-order chi connectivity index (χ1) is 25.2. The van der Waals surface area contributed by atoms with E-state index in [1.54, 1.807) is 0 Å². The molecule has 0 fully saturated rings. The van der Waals surface area contributed by atoms with Crippen molar-refractivity contribution in [2.45, 2.75) is 0 Å². The normalized spacial score (nSPS) is 11.1. The highest BCUT2D eigenvalue weighted by Crippen LogP contribution is 2.44. The molecule has 1 heterocycles. The van der Waals surface area contributed by atoms with Crippen molar-refractivity contribution in [3.8, 4) is 57.3 Å². The van der Waals surface area contributed by atoms with E-state index in [2.05, 4.69) is 108 Å². The molecule has 0 bridgehead atoms. The number of para-hydroxylation sites is 1. The Bertz CT molecular complexity index is 2940. The lowest BCUT2D eigenvalue weighted by atomic mass is 9.85. The lowest BCUT2D eigenvalue weighted by molar-refractivity contribution is 1.18. The fraction of sp³-hybridized carbons (Fsp3) is 0. The van der Waals surface area contributed by atoms with Crippen molar-refractivity contribution in [2.24, 2.45) is 0 Å². The van der Waals surface area contributed by atoms with Crippen molar-refractivity contribution < 1.29 is 0 Å². The van der Waals surface area contributed by atoms with E-state index in [0.29, 0.717) is 16.7 Å². The molecule has 9 rings (SSSR count). The van der Waals surface area contributed by atoms with E-state index in [-0.39, 0.29) is 0 Å². The Balaban J connectivity index is 1.26. The van der Waals surface area contributed by atoms with Gasteiger partial charge in [0.05, 0.1) is 45.9 Å². The van der Waals surface area contributed by atoms with Gasteiger partial charge in [-0.3, -0.25) is 0 Å². The highest BCUT2D eigenvalue weighted by Gasteiger charge is 2.19. The van der Waals surface area contributed by atoms with E-state index in [0.717, 1.165) is 76.9 Å². The van der Waals surface area contributed by atoms with Gasteiger partial charge in [0.1, 0.15) is 0 Å². The molecule has 4 heteroatoms. The number of rotatable bonds is 4. The van der Waals surface area contributed by atoms with E-state index < -0.39 is 0 Å². The zero-order valence-electron chi connectivity index (χ0n) is 27.3. The van der Waals surface area contributed by atoms with Crippen LogP contribution >= 0.6 is 0 Å². The summed E-state index contributed by atoms with van der Waals surface area (Å²) < 4.78 is 2.13. The van der Waals surface area contributed by atoms with Crippen LogP contribution < -0.4 is 0 Å². The monoisotopic (exact) mass is 646 g/mol. The van der Waals surface area contributed by atoms with Crippen LogP contribution in [0.2, 0.25) is 0 Å². The van der Waals surface area contributed by atoms with E-state index in [1.165, 1.54) is 5.56 Å². The highest BCUT2D eigenvalue weighted by molar-refractivity contribution is 6.21. The summed E-state index contributed by atoms with van der Waals surface area (Å²) in [7, 11) is 0. The number of fused-ring (bicyclic) bond motifs is 5. The molecule has 0 radical (unpaired) electrons. The smallest absolute Gasteiger partial charge is 0.0998 e. The van der Waals surface area contributed by atoms with Crippen LogP contribution in [0.25, 0.3) is 82.4 Å². The van der Waals surface area contributed by atoms with Gasteiger partial charge < -0.3 is 4.57 Å². The summed E-state index contributed by atoms with van der Waals surface area (Å²) in [6, 6.07) is 60.2. The Hall–Kier alpha value is -7.45. The lowest BCUT2D eigenvalue weighted by Gasteiger charge is -2.18. The summed E-state index contributed by atoms with van der Waals surface area (Å²) in [5, 5.41) is 37.0. The number of hydrogen-bond donors (Lipinski definition) is 0. The number of hydrogen-bond acceptors (Lipinski definition) is 3. The first kappa shape index (κ1) is 29.7. The maximum atomic E-state index is 10.6. The second-order valence-electron chi connectivity index (χ2n) is 12.7. The molecule has 8 aromatic carbocycles. The molecule has 0 spiro atoms. The maximum absolute atomic E-state index is 10.6. The minimum absolute atomic E-state index is 0.489. The van der Waals surface area contributed by atoms with Gasteiger partial charge in [-0.25, -0.2) is 0 Å². The van der Waals surface area contributed by atoms with Gasteiger partial charge in [-0.05, 0) is 103 Å². The predicted octanol–water partition coefficient (Wildman–Crippen LogP) is 11.7. The van der Waals surface area contributed by atoms with E-state index in [1.807, 2.05) is 72.8 Å². The fourth-order valence-electron chi connectivity index (χ4n) is 7.68. The molecule has 0 aliphatic rings. The molecular weight excluding hydrogens is 621 g/mol. The third-order valence-electron chi connectivity index (χ3n) is 9.84. The van der Waals surface area contributed by atoms with Crippen LogP contribution in [0, 0.1) is 34.0 Å². The molecule has 0 saturated carbocycles. The number of nitrogens with zero attached hydrogens (tertiary/aromatic N) is 4. The molecule has 4 nitrogen and oxygen atoms in total. The molecule has 1 aromatic heterocycles. The lowest BCUT2D eigenvalue weighted by Crippen LogP contribution is -1.97. The Labute approximate surface area is 294 Å². The molecule has 0 saturated heterocycles. The van der Waals surface area contributed by atoms with Crippen LogP contribution in [0.5, 0.6) is 0 Å². The summed E-state index contributed by atoms with van der Waals surface area (Å²) in [5.41, 5.74) is 10.2. The van der Waals surface area contributed by atoms with Gasteiger partial charge in [0.25, 0.3) is 0 Å². The topological polar surface area (TPSA) is 76.3 Å². The average Bonchev–Trinajstić information content (AvgIpc) is 3.53. The van der Waals surface area contributed by atoms with Crippen LogP contribution in [-0.4, -0.2) is 4.57 Å². The third-order valence-corrected chi connectivity index (χ3v) is 9.84. The minimum Gasteiger partial charge on any atom is -0.309 e. The molecule has 9 aromatic rings. The van der Waals surface area contributed by atoms with Crippen molar-refractivity contribution in [1.29, 1.82) is 15.8 Å². The van der Waals surface area contributed by atoms with Crippen LogP contribution in [0.1, 0.15) is 16.7 Å². The van der Waals surface area contributed by atoms with Gasteiger partial charge in [0.2, 0.25) is 0 Å². The van der Waals surface area contributed by atoms with Gasteiger partial charge in [0.15, 0.2) is 0 Å². The van der Waals surface area contributed by atoms with Crippen LogP contribution in [0.4, 0.5) is 0 Å². The number of aromatic nitrogens is 1. The fourth-order valence-corrected chi connectivity index (χ4v) is 7.68. The summed E-state index contributed by atoms with van der Waals surface area (Å²) in [5.74, 6) is 0. The van der Waals surface area contributed by atoms with Crippen molar-refractivity contribution in [3.63, 3.8) is 0 Å². The molecule has 234 valence electrons. The standard InChI is InChI=1S/C47H26N4/c48-27-30-18-21-45-43(24-30)38-12-8-9-17-44(38)51(45)36-23-31(28-49)22-34(26-36)37-20-19-33(25-35(37)29-50)47-41-15-6-4-13-39(41)46(32-10-2-1-3-11-32)40-14-5-7-16-42(40)47/h1-26H. The average molecular weight is 647 g/mol. The molecule has 0 amide bonds. The molecular formula is C47H26N4. The molecule has 0 aliphatic heterocycles. The van der Waals surface area contributed by atoms with Crippen LogP contribution in [-0.2, 0) is 0 Å². The van der Waals surface area contributed by atoms with Crippen molar-refractivity contribution in [2.75, 3.05) is 0 Å². The first-order valence-electron chi connectivity index (χ1n) is 16.7. The van der Waals surface area contributed by atoms with Crippen LogP contribution in [0.3, 0.4) is 0 Å². The van der Waals surface area contributed by atoms with Gasteiger partial charge in [-0.2, -0.15) is 15.8 Å². The zero-order valence-corrected chi connectivity index (χ0v) is 27.3. The predicted molar refractivity (Wildman–Crippen MR) is 206 cm³/mol. The summed E-state index contributed by atoms with van der Waals surface area (Å²) in [4.78, 5) is 0. The second kappa shape index (κ2) is 11.9. The quantitative estimate of drug-likeness (QED) is 0.179. The minimum atomic E-state index is 0.489. The number of nitriles is 3. The highest BCUT2D eigenvalue weighted by atomic mass is 15.0. The van der Waals surface area contributed by atoms with Crippen molar-refractivity contribution >= 4 is 43.4 Å². The van der Waals surface area contributed by atoms with Crippen molar-refractivity contribution in [1.82, 2.24) is 4.57 Å². The van der Waals surface area contributed by atoms with Gasteiger partial charge >= 0.3 is 0 Å². The largest absolute Gasteiger partial charge is 0.309 e. The molecule has 0 atom stereocenters. The zero-order chi connectivity index (χ0) is 34.5. The Morgan fingerprint density at radius 2 is 0.961 bits per heavy atom. The first-order valence-corrected chi connectivity index (χ1v) is 16.7. The van der Waals surface area contributed by atoms with Gasteiger partial charge in [-0.1, -0.05) is 109 Å². The molecule has 0 N–H and O–H groups in total. The maximum Gasteiger partial charge on any atom is 0.0998 e.